The predicted molar refractivity (Wildman–Crippen MR) is 74.0 cm³/mol. The molecule has 20 heavy (non-hydrogen) atoms. The first-order valence-corrected chi connectivity index (χ1v) is 8.70. The lowest BCUT2D eigenvalue weighted by atomic mass is 10.1. The second kappa shape index (κ2) is 5.72. The SMILES string of the molecule is CCC(CC)c1nnc(N2CC(S(=O)(=O)F)CC2=O)s1. The molecule has 0 spiro atoms. The number of hydrogen-bond donors (Lipinski definition) is 0. The zero-order chi connectivity index (χ0) is 14.9. The summed E-state index contributed by atoms with van der Waals surface area (Å²) in [6.07, 6.45) is 1.50. The van der Waals surface area contributed by atoms with E-state index in [2.05, 4.69) is 10.2 Å². The van der Waals surface area contributed by atoms with Crippen molar-refractivity contribution in [2.24, 2.45) is 0 Å². The summed E-state index contributed by atoms with van der Waals surface area (Å²) in [7, 11) is -4.70. The van der Waals surface area contributed by atoms with Crippen molar-refractivity contribution in [3.8, 4) is 0 Å². The lowest BCUT2D eigenvalue weighted by Crippen LogP contribution is -2.26. The minimum absolute atomic E-state index is 0.185. The fraction of sp³-hybridized carbons (Fsp3) is 0.727. The summed E-state index contributed by atoms with van der Waals surface area (Å²) in [5.41, 5.74) is 0. The average Bonchev–Trinajstić information content (AvgIpc) is 2.96. The van der Waals surface area contributed by atoms with Crippen molar-refractivity contribution >= 4 is 32.6 Å². The van der Waals surface area contributed by atoms with Crippen LogP contribution in [-0.2, 0) is 15.0 Å². The van der Waals surface area contributed by atoms with Gasteiger partial charge in [0, 0.05) is 18.9 Å². The molecule has 0 N–H and O–H groups in total. The fourth-order valence-corrected chi connectivity index (χ4v) is 3.99. The highest BCUT2D eigenvalue weighted by Crippen LogP contribution is 2.33. The number of carbonyl (C=O) groups is 1. The van der Waals surface area contributed by atoms with Crippen LogP contribution in [0.1, 0.15) is 44.0 Å². The Morgan fingerprint density at radius 2 is 2.05 bits per heavy atom. The molecular formula is C11H16FN3O3S2. The van der Waals surface area contributed by atoms with Gasteiger partial charge in [0.05, 0.1) is 0 Å². The Morgan fingerprint density at radius 3 is 2.55 bits per heavy atom. The molecule has 1 aliphatic rings. The summed E-state index contributed by atoms with van der Waals surface area (Å²) >= 11 is 1.27. The molecule has 1 atom stereocenters. The highest BCUT2D eigenvalue weighted by Gasteiger charge is 2.40. The molecule has 1 saturated heterocycles. The summed E-state index contributed by atoms with van der Waals surface area (Å²) in [5, 5.41) is 7.87. The third-order valence-corrected chi connectivity index (χ3v) is 5.70. The number of aromatic nitrogens is 2. The van der Waals surface area contributed by atoms with Crippen molar-refractivity contribution < 1.29 is 17.1 Å². The van der Waals surface area contributed by atoms with Crippen LogP contribution in [0.3, 0.4) is 0 Å². The monoisotopic (exact) mass is 321 g/mol. The van der Waals surface area contributed by atoms with Crippen LogP contribution < -0.4 is 4.90 Å². The molecule has 1 unspecified atom stereocenters. The summed E-state index contributed by atoms with van der Waals surface area (Å²) in [4.78, 5) is 13.0. The van der Waals surface area contributed by atoms with E-state index in [1.807, 2.05) is 13.8 Å². The number of halogens is 1. The predicted octanol–water partition coefficient (Wildman–Crippen LogP) is 1.85. The molecule has 2 rings (SSSR count). The van der Waals surface area contributed by atoms with Crippen LogP contribution in [0.2, 0.25) is 0 Å². The van der Waals surface area contributed by atoms with E-state index in [1.54, 1.807) is 0 Å². The minimum Gasteiger partial charge on any atom is -0.285 e. The van der Waals surface area contributed by atoms with Crippen molar-refractivity contribution in [1.82, 2.24) is 10.2 Å². The number of hydrogen-bond acceptors (Lipinski definition) is 6. The molecule has 1 aromatic rings. The molecule has 0 aliphatic carbocycles. The molecule has 1 aromatic heterocycles. The van der Waals surface area contributed by atoms with Crippen LogP contribution in [0, 0.1) is 0 Å². The van der Waals surface area contributed by atoms with E-state index in [4.69, 9.17) is 0 Å². The first-order chi connectivity index (χ1) is 9.36. The first kappa shape index (κ1) is 15.3. The van der Waals surface area contributed by atoms with E-state index in [0.29, 0.717) is 5.13 Å². The second-order valence-corrected chi connectivity index (χ2v) is 7.35. The Hall–Kier alpha value is -1.09. The number of anilines is 1. The lowest BCUT2D eigenvalue weighted by Gasteiger charge is -2.11. The minimum atomic E-state index is -4.70. The number of amides is 1. The zero-order valence-corrected chi connectivity index (χ0v) is 12.9. The van der Waals surface area contributed by atoms with Crippen molar-refractivity contribution in [3.05, 3.63) is 5.01 Å². The maximum Gasteiger partial charge on any atom is 0.307 e. The van der Waals surface area contributed by atoms with Crippen molar-refractivity contribution in [2.75, 3.05) is 11.4 Å². The molecule has 0 radical (unpaired) electrons. The summed E-state index contributed by atoms with van der Waals surface area (Å²) < 4.78 is 34.7. The van der Waals surface area contributed by atoms with Crippen LogP contribution in [-0.4, -0.2) is 36.3 Å². The van der Waals surface area contributed by atoms with Gasteiger partial charge in [0.15, 0.2) is 0 Å². The van der Waals surface area contributed by atoms with Gasteiger partial charge >= 0.3 is 10.2 Å². The molecule has 1 amide bonds. The Bertz CT molecular complexity index is 598. The Morgan fingerprint density at radius 1 is 1.40 bits per heavy atom. The molecule has 9 heteroatoms. The van der Waals surface area contributed by atoms with Crippen molar-refractivity contribution in [2.45, 2.75) is 44.3 Å². The molecule has 2 heterocycles. The summed E-state index contributed by atoms with van der Waals surface area (Å²) in [6, 6.07) is 0. The molecule has 1 fully saturated rings. The summed E-state index contributed by atoms with van der Waals surface area (Å²) in [6.45, 7) is 3.90. The topological polar surface area (TPSA) is 80.2 Å². The van der Waals surface area contributed by atoms with Crippen LogP contribution in [0.5, 0.6) is 0 Å². The third-order valence-electron chi connectivity index (χ3n) is 3.48. The van der Waals surface area contributed by atoms with E-state index in [0.717, 1.165) is 17.8 Å². The zero-order valence-electron chi connectivity index (χ0n) is 11.2. The Balaban J connectivity index is 2.19. The largest absolute Gasteiger partial charge is 0.307 e. The summed E-state index contributed by atoms with van der Waals surface area (Å²) in [5.74, 6) is -0.150. The number of carbonyl (C=O) groups excluding carboxylic acids is 1. The van der Waals surface area contributed by atoms with Crippen molar-refractivity contribution in [1.29, 1.82) is 0 Å². The van der Waals surface area contributed by atoms with Crippen LogP contribution in [0.15, 0.2) is 0 Å². The quantitative estimate of drug-likeness (QED) is 0.773. The molecular weight excluding hydrogens is 305 g/mol. The van der Waals surface area contributed by atoms with Gasteiger partial charge in [0.1, 0.15) is 10.3 Å². The molecule has 6 nitrogen and oxygen atoms in total. The van der Waals surface area contributed by atoms with E-state index in [-0.39, 0.29) is 18.9 Å². The standard InChI is InChI=1S/C11H16FN3O3S2/c1-3-7(4-2)10-13-14-11(19-10)15-6-8(5-9(15)16)20(12,17)18/h7-8H,3-6H2,1-2H3. The van der Waals surface area contributed by atoms with E-state index >= 15 is 0 Å². The van der Waals surface area contributed by atoms with Gasteiger partial charge in [-0.1, -0.05) is 25.2 Å². The normalized spacial score (nSPS) is 20.1. The second-order valence-electron chi connectivity index (χ2n) is 4.74. The average molecular weight is 321 g/mol. The lowest BCUT2D eigenvalue weighted by molar-refractivity contribution is -0.117. The van der Waals surface area contributed by atoms with Crippen LogP contribution in [0.25, 0.3) is 0 Å². The van der Waals surface area contributed by atoms with E-state index < -0.39 is 21.4 Å². The third kappa shape index (κ3) is 2.98. The maximum absolute atomic E-state index is 13.0. The van der Waals surface area contributed by atoms with Gasteiger partial charge in [-0.15, -0.1) is 14.1 Å². The van der Waals surface area contributed by atoms with Crippen LogP contribution >= 0.6 is 11.3 Å². The van der Waals surface area contributed by atoms with Gasteiger partial charge < -0.3 is 0 Å². The first-order valence-electron chi connectivity index (χ1n) is 6.44. The molecule has 1 aliphatic heterocycles. The van der Waals surface area contributed by atoms with Gasteiger partial charge in [0.25, 0.3) is 0 Å². The van der Waals surface area contributed by atoms with Gasteiger partial charge in [-0.05, 0) is 12.8 Å². The van der Waals surface area contributed by atoms with Gasteiger partial charge in [-0.25, -0.2) is 0 Å². The molecule has 112 valence electrons. The number of nitrogens with zero attached hydrogens (tertiary/aromatic N) is 3. The van der Waals surface area contributed by atoms with Gasteiger partial charge in [-0.3, -0.25) is 9.69 Å². The van der Waals surface area contributed by atoms with E-state index in [1.165, 1.54) is 16.2 Å². The highest BCUT2D eigenvalue weighted by molar-refractivity contribution is 7.87. The highest BCUT2D eigenvalue weighted by atomic mass is 32.3. The Labute approximate surface area is 121 Å². The molecule has 0 aromatic carbocycles. The number of rotatable bonds is 5. The van der Waals surface area contributed by atoms with E-state index in [9.17, 15) is 17.1 Å². The van der Waals surface area contributed by atoms with Crippen LogP contribution in [0.4, 0.5) is 9.02 Å². The molecule has 0 saturated carbocycles. The maximum atomic E-state index is 13.0. The van der Waals surface area contributed by atoms with Crippen molar-refractivity contribution in [3.63, 3.8) is 0 Å². The van der Waals surface area contributed by atoms with Gasteiger partial charge in [0.2, 0.25) is 11.0 Å². The smallest absolute Gasteiger partial charge is 0.285 e. The Kier molecular flexibility index (Phi) is 4.38. The fourth-order valence-electron chi connectivity index (χ4n) is 2.19. The molecule has 0 bridgehead atoms. The van der Waals surface area contributed by atoms with Gasteiger partial charge in [-0.2, -0.15) is 8.42 Å².